The lowest BCUT2D eigenvalue weighted by Gasteiger charge is -2.01. The van der Waals surface area contributed by atoms with Gasteiger partial charge in [0.05, 0.1) is 13.2 Å². The molecular weight excluding hydrogens is 175 g/mol. The molecule has 0 fully saturated rings. The second-order valence-electron chi connectivity index (χ2n) is 2.60. The molecule has 0 unspecified atom stereocenters. The summed E-state index contributed by atoms with van der Waals surface area (Å²) in [6, 6.07) is 0. The molecule has 0 aliphatic heterocycles. The topological polar surface area (TPSA) is 35.5 Å². The molecule has 0 amide bonds. The van der Waals surface area contributed by atoms with Crippen LogP contribution in [-0.2, 0) is 13.6 Å². The molecule has 1 radical (unpaired) electrons. The van der Waals surface area contributed by atoms with Crippen molar-refractivity contribution in [2.75, 3.05) is 13.2 Å². The Labute approximate surface area is 75.4 Å². The minimum Gasteiger partial charge on any atom is -0.283 e. The molecule has 0 aliphatic rings. The van der Waals surface area contributed by atoms with Gasteiger partial charge in [-0.05, 0) is 12.8 Å². The summed E-state index contributed by atoms with van der Waals surface area (Å²) in [5.74, 6) is 0. The zero-order valence-corrected chi connectivity index (χ0v) is 8.81. The average Bonchev–Trinajstić information content (AvgIpc) is 2.06. The number of hydrogen-bond acceptors (Lipinski definition) is 3. The molecule has 0 spiro atoms. The Morgan fingerprint density at radius 1 is 1.00 bits per heavy atom. The van der Waals surface area contributed by atoms with E-state index in [0.717, 1.165) is 25.7 Å². The predicted octanol–water partition coefficient (Wildman–Crippen LogP) is 3.28. The maximum absolute atomic E-state index is 10.9. The van der Waals surface area contributed by atoms with E-state index in [1.807, 2.05) is 0 Å². The van der Waals surface area contributed by atoms with Gasteiger partial charge >= 0.3 is 8.25 Å². The van der Waals surface area contributed by atoms with Crippen LogP contribution < -0.4 is 0 Å². The van der Waals surface area contributed by atoms with Crippen molar-refractivity contribution in [3.8, 4) is 0 Å². The highest BCUT2D eigenvalue weighted by atomic mass is 31.1. The fourth-order valence-corrected chi connectivity index (χ4v) is 1.23. The summed E-state index contributed by atoms with van der Waals surface area (Å²) in [7, 11) is -1.85. The van der Waals surface area contributed by atoms with Crippen molar-refractivity contribution in [3.63, 3.8) is 0 Å². The summed E-state index contributed by atoms with van der Waals surface area (Å²) in [5, 5.41) is 0. The standard InChI is InChI=1S/C8H18O3P/c1-3-5-7-10-12(9)11-8-6-4-2/h3-8H2,1-2H3. The molecule has 0 saturated carbocycles. The molecular formula is C8H18O3P. The highest BCUT2D eigenvalue weighted by Crippen LogP contribution is 2.24. The molecule has 0 rings (SSSR count). The lowest BCUT2D eigenvalue weighted by molar-refractivity contribution is 0.221. The van der Waals surface area contributed by atoms with Gasteiger partial charge in [-0.25, -0.2) is 4.57 Å². The van der Waals surface area contributed by atoms with E-state index in [4.69, 9.17) is 9.05 Å². The zero-order valence-electron chi connectivity index (χ0n) is 7.91. The second-order valence-corrected chi connectivity index (χ2v) is 3.56. The van der Waals surface area contributed by atoms with Crippen LogP contribution >= 0.6 is 8.25 Å². The van der Waals surface area contributed by atoms with Crippen LogP contribution in [0, 0.1) is 0 Å². The third-order valence-corrected chi connectivity index (χ3v) is 2.18. The Kier molecular flexibility index (Phi) is 9.13. The average molecular weight is 193 g/mol. The van der Waals surface area contributed by atoms with Gasteiger partial charge in [-0.2, -0.15) is 0 Å². The second kappa shape index (κ2) is 9.11. The SMILES string of the molecule is CCCCO[P](=O)OCCCC. The van der Waals surface area contributed by atoms with Crippen LogP contribution in [0.3, 0.4) is 0 Å². The zero-order chi connectivity index (χ0) is 9.23. The Bertz CT molecular complexity index is 105. The van der Waals surface area contributed by atoms with Crippen molar-refractivity contribution in [2.45, 2.75) is 39.5 Å². The predicted molar refractivity (Wildman–Crippen MR) is 49.3 cm³/mol. The molecule has 3 nitrogen and oxygen atoms in total. The first kappa shape index (κ1) is 12.0. The third kappa shape index (κ3) is 8.12. The summed E-state index contributed by atoms with van der Waals surface area (Å²) in [5.41, 5.74) is 0. The van der Waals surface area contributed by atoms with Crippen LogP contribution in [0.4, 0.5) is 0 Å². The fraction of sp³-hybridized carbons (Fsp3) is 1.00. The molecule has 0 aromatic heterocycles. The van der Waals surface area contributed by atoms with Crippen LogP contribution in [0.15, 0.2) is 0 Å². The van der Waals surface area contributed by atoms with Crippen LogP contribution in [0.1, 0.15) is 39.5 Å². The van der Waals surface area contributed by atoms with Crippen molar-refractivity contribution >= 4 is 8.25 Å². The molecule has 12 heavy (non-hydrogen) atoms. The molecule has 0 aromatic rings. The maximum Gasteiger partial charge on any atom is 0.368 e. The minimum absolute atomic E-state index is 0.540. The molecule has 0 aromatic carbocycles. The number of unbranched alkanes of at least 4 members (excludes halogenated alkanes) is 2. The van der Waals surface area contributed by atoms with E-state index in [-0.39, 0.29) is 0 Å². The highest BCUT2D eigenvalue weighted by Gasteiger charge is 1.99. The quantitative estimate of drug-likeness (QED) is 0.438. The molecule has 4 heteroatoms. The normalized spacial score (nSPS) is 10.2. The molecule has 0 N–H and O–H groups in total. The monoisotopic (exact) mass is 193 g/mol. The highest BCUT2D eigenvalue weighted by molar-refractivity contribution is 7.33. The first-order valence-electron chi connectivity index (χ1n) is 4.54. The molecule has 73 valence electrons. The first-order chi connectivity index (χ1) is 5.81. The van der Waals surface area contributed by atoms with Gasteiger partial charge in [0.25, 0.3) is 0 Å². The van der Waals surface area contributed by atoms with Gasteiger partial charge in [0.15, 0.2) is 0 Å². The molecule has 0 bridgehead atoms. The smallest absolute Gasteiger partial charge is 0.283 e. The van der Waals surface area contributed by atoms with Crippen molar-refractivity contribution in [1.29, 1.82) is 0 Å². The van der Waals surface area contributed by atoms with E-state index in [1.165, 1.54) is 0 Å². The van der Waals surface area contributed by atoms with E-state index in [1.54, 1.807) is 0 Å². The molecule has 0 aliphatic carbocycles. The Morgan fingerprint density at radius 3 is 1.75 bits per heavy atom. The summed E-state index contributed by atoms with van der Waals surface area (Å²) in [4.78, 5) is 0. The minimum atomic E-state index is -1.85. The van der Waals surface area contributed by atoms with Gasteiger partial charge in [0.1, 0.15) is 0 Å². The Hall–Kier alpha value is 0.0200. The van der Waals surface area contributed by atoms with Gasteiger partial charge in [-0.1, -0.05) is 26.7 Å². The van der Waals surface area contributed by atoms with Crippen molar-refractivity contribution in [2.24, 2.45) is 0 Å². The van der Waals surface area contributed by atoms with Crippen LogP contribution in [0.5, 0.6) is 0 Å². The van der Waals surface area contributed by atoms with E-state index >= 15 is 0 Å². The van der Waals surface area contributed by atoms with Gasteiger partial charge < -0.3 is 0 Å². The molecule has 0 heterocycles. The van der Waals surface area contributed by atoms with Crippen LogP contribution in [-0.4, -0.2) is 13.2 Å². The van der Waals surface area contributed by atoms with Crippen LogP contribution in [0.25, 0.3) is 0 Å². The number of rotatable bonds is 8. The van der Waals surface area contributed by atoms with Gasteiger partial charge in [0, 0.05) is 0 Å². The van der Waals surface area contributed by atoms with Crippen molar-refractivity contribution in [1.82, 2.24) is 0 Å². The van der Waals surface area contributed by atoms with Crippen molar-refractivity contribution < 1.29 is 13.6 Å². The Balaban J connectivity index is 3.10. The summed E-state index contributed by atoms with van der Waals surface area (Å²) < 4.78 is 20.7. The van der Waals surface area contributed by atoms with Crippen LogP contribution in [0.2, 0.25) is 0 Å². The van der Waals surface area contributed by atoms with E-state index in [0.29, 0.717) is 13.2 Å². The molecule has 0 saturated heterocycles. The fourth-order valence-electron chi connectivity index (χ4n) is 0.604. The summed E-state index contributed by atoms with van der Waals surface area (Å²) >= 11 is 0. The van der Waals surface area contributed by atoms with E-state index < -0.39 is 8.25 Å². The number of hydrogen-bond donors (Lipinski definition) is 0. The van der Waals surface area contributed by atoms with Gasteiger partial charge in [-0.15, -0.1) is 0 Å². The summed E-state index contributed by atoms with van der Waals surface area (Å²) in [6.45, 7) is 5.21. The third-order valence-electron chi connectivity index (χ3n) is 1.39. The first-order valence-corrected chi connectivity index (χ1v) is 5.63. The summed E-state index contributed by atoms with van der Waals surface area (Å²) in [6.07, 6.45) is 3.99. The Morgan fingerprint density at radius 2 is 1.42 bits per heavy atom. The maximum atomic E-state index is 10.9. The lowest BCUT2D eigenvalue weighted by atomic mass is 10.4. The molecule has 0 atom stereocenters. The largest absolute Gasteiger partial charge is 0.368 e. The van der Waals surface area contributed by atoms with E-state index in [9.17, 15) is 4.57 Å². The van der Waals surface area contributed by atoms with Crippen molar-refractivity contribution in [3.05, 3.63) is 0 Å². The van der Waals surface area contributed by atoms with Gasteiger partial charge in [-0.3, -0.25) is 9.05 Å². The van der Waals surface area contributed by atoms with Gasteiger partial charge in [0.2, 0.25) is 0 Å². The lowest BCUT2D eigenvalue weighted by Crippen LogP contribution is -1.90. The van der Waals surface area contributed by atoms with E-state index in [2.05, 4.69) is 13.8 Å².